The second-order valence-corrected chi connectivity index (χ2v) is 5.95. The molecule has 0 bridgehead atoms. The second-order valence-electron chi connectivity index (χ2n) is 5.95. The molecule has 1 aliphatic carbocycles. The number of carbonyl (C=O) groups is 1. The van der Waals surface area contributed by atoms with Crippen LogP contribution in [0.15, 0.2) is 0 Å². The van der Waals surface area contributed by atoms with E-state index < -0.39 is 5.41 Å². The van der Waals surface area contributed by atoms with Gasteiger partial charge in [0.2, 0.25) is 0 Å². The van der Waals surface area contributed by atoms with Crippen LogP contribution in [0.4, 0.5) is 0 Å². The number of hydrogen-bond acceptors (Lipinski definition) is 4. The first-order valence-electron chi connectivity index (χ1n) is 6.31. The van der Waals surface area contributed by atoms with Crippen molar-refractivity contribution in [1.29, 1.82) is 0 Å². The maximum Gasteiger partial charge on any atom is 0.312 e. The van der Waals surface area contributed by atoms with Crippen LogP contribution in [-0.2, 0) is 9.53 Å². The topological polar surface area (TPSA) is 41.6 Å². The van der Waals surface area contributed by atoms with E-state index in [0.717, 1.165) is 6.54 Å². The van der Waals surface area contributed by atoms with Crippen molar-refractivity contribution in [3.8, 4) is 0 Å². The Morgan fingerprint density at radius 2 is 2.00 bits per heavy atom. The number of nitrogens with zero attached hydrogens (tertiary/aromatic N) is 1. The quantitative estimate of drug-likeness (QED) is 0.712. The first-order chi connectivity index (χ1) is 7.84. The lowest BCUT2D eigenvalue weighted by atomic mass is 9.75. The minimum Gasteiger partial charge on any atom is -0.469 e. The van der Waals surface area contributed by atoms with Crippen molar-refractivity contribution >= 4 is 5.97 Å². The monoisotopic (exact) mass is 242 g/mol. The second kappa shape index (κ2) is 5.36. The van der Waals surface area contributed by atoms with Crippen LogP contribution in [0.5, 0.6) is 0 Å². The molecule has 0 aliphatic heterocycles. The van der Waals surface area contributed by atoms with Crippen LogP contribution in [0.2, 0.25) is 0 Å². The fourth-order valence-corrected chi connectivity index (χ4v) is 2.32. The van der Waals surface area contributed by atoms with Crippen molar-refractivity contribution in [1.82, 2.24) is 10.2 Å². The molecular formula is C13H26N2O2. The van der Waals surface area contributed by atoms with Crippen molar-refractivity contribution in [2.45, 2.75) is 38.6 Å². The van der Waals surface area contributed by atoms with E-state index in [1.54, 1.807) is 0 Å². The van der Waals surface area contributed by atoms with Gasteiger partial charge in [0, 0.05) is 18.6 Å². The molecule has 0 heterocycles. The van der Waals surface area contributed by atoms with Gasteiger partial charge in [0.1, 0.15) is 0 Å². The third-order valence-electron chi connectivity index (χ3n) is 3.99. The number of methoxy groups -OCH3 is 1. The van der Waals surface area contributed by atoms with Crippen LogP contribution >= 0.6 is 0 Å². The van der Waals surface area contributed by atoms with Gasteiger partial charge < -0.3 is 15.0 Å². The molecule has 0 amide bonds. The third-order valence-corrected chi connectivity index (χ3v) is 3.99. The Balaban J connectivity index is 2.39. The van der Waals surface area contributed by atoms with Gasteiger partial charge in [-0.05, 0) is 47.2 Å². The fraction of sp³-hybridized carbons (Fsp3) is 0.923. The van der Waals surface area contributed by atoms with Crippen molar-refractivity contribution in [3.05, 3.63) is 0 Å². The molecular weight excluding hydrogens is 216 g/mol. The van der Waals surface area contributed by atoms with Gasteiger partial charge in [0.25, 0.3) is 0 Å². The van der Waals surface area contributed by atoms with Crippen LogP contribution in [0.3, 0.4) is 0 Å². The Morgan fingerprint density at radius 3 is 2.35 bits per heavy atom. The predicted molar refractivity (Wildman–Crippen MR) is 68.9 cm³/mol. The molecule has 0 aromatic rings. The maximum absolute atomic E-state index is 11.5. The summed E-state index contributed by atoms with van der Waals surface area (Å²) in [6, 6.07) is 0. The summed E-state index contributed by atoms with van der Waals surface area (Å²) in [7, 11) is 5.70. The Morgan fingerprint density at radius 1 is 1.41 bits per heavy atom. The normalized spacial score (nSPS) is 18.9. The minimum absolute atomic E-state index is 0.155. The number of nitrogens with one attached hydrogen (secondary N) is 1. The average molecular weight is 242 g/mol. The zero-order chi connectivity index (χ0) is 13.1. The largest absolute Gasteiger partial charge is 0.469 e. The van der Waals surface area contributed by atoms with Crippen molar-refractivity contribution < 1.29 is 9.53 Å². The number of hydrogen-bond donors (Lipinski definition) is 1. The summed E-state index contributed by atoms with van der Waals surface area (Å²) in [5.74, 6) is -0.155. The number of rotatable bonds is 6. The molecule has 1 aliphatic rings. The minimum atomic E-state index is -0.452. The number of carbonyl (C=O) groups excluding carboxylic acids is 1. The lowest BCUT2D eigenvalue weighted by Gasteiger charge is -2.48. The molecule has 0 radical (unpaired) electrons. The zero-order valence-electron chi connectivity index (χ0n) is 11.8. The van der Waals surface area contributed by atoms with Gasteiger partial charge in [0.15, 0.2) is 0 Å². The first kappa shape index (κ1) is 14.5. The van der Waals surface area contributed by atoms with Crippen LogP contribution in [0.25, 0.3) is 0 Å². The summed E-state index contributed by atoms with van der Waals surface area (Å²) >= 11 is 0. The lowest BCUT2D eigenvalue weighted by molar-refractivity contribution is -0.150. The SMILES string of the molecule is COC(=O)C(C)(C)CNCC1(N(C)C)CCC1. The molecule has 100 valence electrons. The molecule has 1 rings (SSSR count). The summed E-state index contributed by atoms with van der Waals surface area (Å²) in [4.78, 5) is 13.8. The van der Waals surface area contributed by atoms with Crippen molar-refractivity contribution in [2.24, 2.45) is 5.41 Å². The van der Waals surface area contributed by atoms with E-state index in [2.05, 4.69) is 24.3 Å². The summed E-state index contributed by atoms with van der Waals surface area (Å²) in [6.07, 6.45) is 3.79. The van der Waals surface area contributed by atoms with E-state index in [4.69, 9.17) is 4.74 Å². The molecule has 0 atom stereocenters. The Bertz CT molecular complexity index is 271. The van der Waals surface area contributed by atoms with E-state index in [-0.39, 0.29) is 5.97 Å². The van der Waals surface area contributed by atoms with Crippen molar-refractivity contribution in [2.75, 3.05) is 34.3 Å². The summed E-state index contributed by atoms with van der Waals surface area (Å²) in [5.41, 5.74) is -0.155. The van der Waals surface area contributed by atoms with Crippen LogP contribution in [0, 0.1) is 5.41 Å². The van der Waals surface area contributed by atoms with E-state index in [0.29, 0.717) is 12.1 Å². The van der Waals surface area contributed by atoms with Crippen molar-refractivity contribution in [3.63, 3.8) is 0 Å². The number of esters is 1. The zero-order valence-corrected chi connectivity index (χ0v) is 11.8. The van der Waals surface area contributed by atoms with Gasteiger partial charge >= 0.3 is 5.97 Å². The highest BCUT2D eigenvalue weighted by atomic mass is 16.5. The standard InChI is InChI=1S/C13H26N2O2/c1-12(2,11(16)17-5)9-14-10-13(15(3)4)7-6-8-13/h14H,6-10H2,1-5H3. The first-order valence-corrected chi connectivity index (χ1v) is 6.31. The van der Waals surface area contributed by atoms with E-state index in [1.807, 2.05) is 13.8 Å². The molecule has 4 nitrogen and oxygen atoms in total. The number of likely N-dealkylation sites (N-methyl/N-ethyl adjacent to an activating group) is 1. The highest BCUT2D eigenvalue weighted by molar-refractivity contribution is 5.76. The predicted octanol–water partition coefficient (Wildman–Crippen LogP) is 1.26. The lowest BCUT2D eigenvalue weighted by Crippen LogP contribution is -2.57. The molecule has 0 aromatic heterocycles. The molecule has 0 saturated heterocycles. The third kappa shape index (κ3) is 3.19. The highest BCUT2D eigenvalue weighted by Crippen LogP contribution is 2.35. The highest BCUT2D eigenvalue weighted by Gasteiger charge is 2.39. The van der Waals surface area contributed by atoms with E-state index in [1.165, 1.54) is 26.4 Å². The van der Waals surface area contributed by atoms with Crippen LogP contribution in [0.1, 0.15) is 33.1 Å². The average Bonchev–Trinajstić information content (AvgIpc) is 2.19. The summed E-state index contributed by atoms with van der Waals surface area (Å²) < 4.78 is 4.80. The Hall–Kier alpha value is -0.610. The molecule has 0 spiro atoms. The smallest absolute Gasteiger partial charge is 0.312 e. The van der Waals surface area contributed by atoms with Gasteiger partial charge in [-0.2, -0.15) is 0 Å². The van der Waals surface area contributed by atoms with E-state index in [9.17, 15) is 4.79 Å². The summed E-state index contributed by atoms with van der Waals surface area (Å²) in [6.45, 7) is 5.43. The van der Waals surface area contributed by atoms with Crippen LogP contribution in [-0.4, -0.2) is 50.7 Å². The number of ether oxygens (including phenoxy) is 1. The molecule has 4 heteroatoms. The molecule has 17 heavy (non-hydrogen) atoms. The Labute approximate surface area is 105 Å². The van der Waals surface area contributed by atoms with Gasteiger partial charge in [-0.15, -0.1) is 0 Å². The molecule has 1 fully saturated rings. The fourth-order valence-electron chi connectivity index (χ4n) is 2.32. The molecule has 1 saturated carbocycles. The molecule has 1 N–H and O–H groups in total. The van der Waals surface area contributed by atoms with E-state index >= 15 is 0 Å². The molecule has 0 unspecified atom stereocenters. The van der Waals surface area contributed by atoms with Gasteiger partial charge in [0.05, 0.1) is 12.5 Å². The maximum atomic E-state index is 11.5. The van der Waals surface area contributed by atoms with Crippen LogP contribution < -0.4 is 5.32 Å². The Kier molecular flexibility index (Phi) is 4.55. The molecule has 0 aromatic carbocycles. The summed E-state index contributed by atoms with van der Waals surface area (Å²) in [5, 5.41) is 3.42. The van der Waals surface area contributed by atoms with Gasteiger partial charge in [-0.25, -0.2) is 0 Å². The van der Waals surface area contributed by atoms with Gasteiger partial charge in [-0.1, -0.05) is 0 Å². The van der Waals surface area contributed by atoms with Gasteiger partial charge in [-0.3, -0.25) is 4.79 Å².